The lowest BCUT2D eigenvalue weighted by molar-refractivity contribution is -0.130. The zero-order chi connectivity index (χ0) is 14.4. The molecule has 20 heavy (non-hydrogen) atoms. The number of hydrogen-bond donors (Lipinski definition) is 1. The number of rotatable bonds is 4. The van der Waals surface area contributed by atoms with Crippen LogP contribution < -0.4 is 5.32 Å². The molecule has 0 heterocycles. The number of benzene rings is 1. The van der Waals surface area contributed by atoms with Crippen LogP contribution in [0.2, 0.25) is 0 Å². The van der Waals surface area contributed by atoms with Crippen molar-refractivity contribution in [1.82, 2.24) is 5.32 Å². The minimum Gasteiger partial charge on any atom is -0.352 e. The van der Waals surface area contributed by atoms with Gasteiger partial charge in [0.25, 0.3) is 0 Å². The average molecular weight is 270 g/mol. The molecule has 0 spiro atoms. The van der Waals surface area contributed by atoms with Crippen LogP contribution in [0.1, 0.15) is 44.6 Å². The summed E-state index contributed by atoms with van der Waals surface area (Å²) < 4.78 is 0. The minimum atomic E-state index is -0.788. The van der Waals surface area contributed by atoms with Gasteiger partial charge in [0.15, 0.2) is 0 Å². The molecule has 3 heteroatoms. The van der Waals surface area contributed by atoms with Crippen molar-refractivity contribution < 1.29 is 4.79 Å². The van der Waals surface area contributed by atoms with Gasteiger partial charge < -0.3 is 5.32 Å². The number of nitriles is 1. The summed E-state index contributed by atoms with van der Waals surface area (Å²) in [5, 5.41) is 12.4. The maximum absolute atomic E-state index is 12.4. The van der Waals surface area contributed by atoms with Crippen LogP contribution in [-0.2, 0) is 11.2 Å². The molecule has 0 radical (unpaired) electrons. The van der Waals surface area contributed by atoms with Crippen LogP contribution in [0.5, 0.6) is 0 Å². The molecule has 106 valence electrons. The standard InChI is InChI=1S/C17H22N2O/c1-14(12-15-8-4-2-5-9-15)19-16(20)17(13-18)10-6-3-7-11-17/h2,4-5,8-9,14H,3,6-7,10-12H2,1H3,(H,19,20). The smallest absolute Gasteiger partial charge is 0.240 e. The van der Waals surface area contributed by atoms with E-state index in [0.29, 0.717) is 12.8 Å². The Kier molecular flexibility index (Phi) is 4.79. The van der Waals surface area contributed by atoms with Crippen molar-refractivity contribution in [2.24, 2.45) is 5.41 Å². The van der Waals surface area contributed by atoms with E-state index >= 15 is 0 Å². The Morgan fingerprint density at radius 2 is 1.95 bits per heavy atom. The molecule has 0 saturated heterocycles. The second kappa shape index (κ2) is 6.56. The molecule has 1 amide bonds. The molecule has 1 aromatic carbocycles. The van der Waals surface area contributed by atoms with Gasteiger partial charge in [-0.2, -0.15) is 5.26 Å². The summed E-state index contributed by atoms with van der Waals surface area (Å²) in [6, 6.07) is 12.4. The molecule has 1 N–H and O–H groups in total. The van der Waals surface area contributed by atoms with Gasteiger partial charge in [0, 0.05) is 6.04 Å². The van der Waals surface area contributed by atoms with E-state index in [9.17, 15) is 10.1 Å². The van der Waals surface area contributed by atoms with Gasteiger partial charge >= 0.3 is 0 Å². The van der Waals surface area contributed by atoms with Crippen molar-refractivity contribution in [3.8, 4) is 6.07 Å². The van der Waals surface area contributed by atoms with Crippen molar-refractivity contribution in [3.63, 3.8) is 0 Å². The van der Waals surface area contributed by atoms with Crippen LogP contribution in [0.3, 0.4) is 0 Å². The molecule has 1 aliphatic rings. The molecule has 1 fully saturated rings. The predicted molar refractivity (Wildman–Crippen MR) is 78.9 cm³/mol. The Bertz CT molecular complexity index is 483. The molecule has 0 bridgehead atoms. The Morgan fingerprint density at radius 3 is 2.55 bits per heavy atom. The van der Waals surface area contributed by atoms with Gasteiger partial charge in [-0.1, -0.05) is 49.6 Å². The van der Waals surface area contributed by atoms with Crippen molar-refractivity contribution in [2.75, 3.05) is 0 Å². The lowest BCUT2D eigenvalue weighted by Crippen LogP contribution is -2.45. The normalized spacial score (nSPS) is 18.8. The fourth-order valence-corrected chi connectivity index (χ4v) is 2.93. The first kappa shape index (κ1) is 14.6. The minimum absolute atomic E-state index is 0.0528. The molecule has 1 aliphatic carbocycles. The third kappa shape index (κ3) is 3.39. The quantitative estimate of drug-likeness (QED) is 0.913. The first-order chi connectivity index (χ1) is 9.66. The van der Waals surface area contributed by atoms with Gasteiger partial charge in [0.05, 0.1) is 6.07 Å². The number of carbonyl (C=O) groups excluding carboxylic acids is 1. The van der Waals surface area contributed by atoms with Gasteiger partial charge in [0.1, 0.15) is 5.41 Å². The Morgan fingerprint density at radius 1 is 1.30 bits per heavy atom. The van der Waals surface area contributed by atoms with E-state index in [0.717, 1.165) is 25.7 Å². The van der Waals surface area contributed by atoms with Crippen molar-refractivity contribution in [2.45, 2.75) is 51.5 Å². The van der Waals surface area contributed by atoms with Crippen LogP contribution in [0, 0.1) is 16.7 Å². The van der Waals surface area contributed by atoms with E-state index in [1.807, 2.05) is 25.1 Å². The highest BCUT2D eigenvalue weighted by molar-refractivity contribution is 5.85. The average Bonchev–Trinajstić information content (AvgIpc) is 2.48. The zero-order valence-corrected chi connectivity index (χ0v) is 12.1. The van der Waals surface area contributed by atoms with Crippen LogP contribution in [0.4, 0.5) is 0 Å². The zero-order valence-electron chi connectivity index (χ0n) is 12.1. The SMILES string of the molecule is CC(Cc1ccccc1)NC(=O)C1(C#N)CCCCC1. The maximum atomic E-state index is 12.4. The van der Waals surface area contributed by atoms with Gasteiger partial charge in [-0.05, 0) is 31.7 Å². The first-order valence-corrected chi connectivity index (χ1v) is 7.42. The van der Waals surface area contributed by atoms with Gasteiger partial charge in [0.2, 0.25) is 5.91 Å². The molecule has 2 rings (SSSR count). The highest BCUT2D eigenvalue weighted by atomic mass is 16.2. The Balaban J connectivity index is 1.95. The Hall–Kier alpha value is -1.82. The lowest BCUT2D eigenvalue weighted by atomic mass is 9.74. The van der Waals surface area contributed by atoms with E-state index in [-0.39, 0.29) is 11.9 Å². The number of carbonyl (C=O) groups is 1. The molecule has 0 aromatic heterocycles. The highest BCUT2D eigenvalue weighted by Crippen LogP contribution is 2.35. The molecule has 1 unspecified atom stereocenters. The third-order valence-electron chi connectivity index (χ3n) is 4.12. The third-order valence-corrected chi connectivity index (χ3v) is 4.12. The second-order valence-corrected chi connectivity index (χ2v) is 5.82. The number of hydrogen-bond acceptors (Lipinski definition) is 2. The van der Waals surface area contributed by atoms with Crippen molar-refractivity contribution in [3.05, 3.63) is 35.9 Å². The second-order valence-electron chi connectivity index (χ2n) is 5.82. The lowest BCUT2D eigenvalue weighted by Gasteiger charge is -2.30. The molecule has 3 nitrogen and oxygen atoms in total. The largest absolute Gasteiger partial charge is 0.352 e. The van der Waals surface area contributed by atoms with Gasteiger partial charge in [-0.15, -0.1) is 0 Å². The molecular weight excluding hydrogens is 248 g/mol. The maximum Gasteiger partial charge on any atom is 0.240 e. The fourth-order valence-electron chi connectivity index (χ4n) is 2.93. The van der Waals surface area contributed by atoms with Crippen LogP contribution in [0.25, 0.3) is 0 Å². The number of nitrogens with one attached hydrogen (secondary N) is 1. The summed E-state index contributed by atoms with van der Waals surface area (Å²) >= 11 is 0. The van der Waals surface area contributed by atoms with E-state index in [1.165, 1.54) is 5.56 Å². The fraction of sp³-hybridized carbons (Fsp3) is 0.529. The van der Waals surface area contributed by atoms with E-state index in [1.54, 1.807) is 0 Å². The topological polar surface area (TPSA) is 52.9 Å². The molecule has 0 aliphatic heterocycles. The molecule has 1 atom stereocenters. The van der Waals surface area contributed by atoms with Crippen molar-refractivity contribution >= 4 is 5.91 Å². The van der Waals surface area contributed by atoms with Gasteiger partial charge in [-0.25, -0.2) is 0 Å². The molecular formula is C17H22N2O. The van der Waals surface area contributed by atoms with Crippen LogP contribution in [0.15, 0.2) is 30.3 Å². The van der Waals surface area contributed by atoms with E-state index in [2.05, 4.69) is 23.5 Å². The van der Waals surface area contributed by atoms with Gasteiger partial charge in [-0.3, -0.25) is 4.79 Å². The summed E-state index contributed by atoms with van der Waals surface area (Å²) in [5.74, 6) is -0.0804. The monoisotopic (exact) mass is 270 g/mol. The summed E-state index contributed by atoms with van der Waals surface area (Å²) in [6.07, 6.45) is 5.30. The van der Waals surface area contributed by atoms with E-state index in [4.69, 9.17) is 0 Å². The van der Waals surface area contributed by atoms with Crippen molar-refractivity contribution in [1.29, 1.82) is 5.26 Å². The summed E-state index contributed by atoms with van der Waals surface area (Å²) in [7, 11) is 0. The van der Waals surface area contributed by atoms with Crippen LogP contribution in [-0.4, -0.2) is 11.9 Å². The highest BCUT2D eigenvalue weighted by Gasteiger charge is 2.40. The first-order valence-electron chi connectivity index (χ1n) is 7.42. The molecule has 1 saturated carbocycles. The number of nitrogens with zero attached hydrogens (tertiary/aromatic N) is 1. The summed E-state index contributed by atoms with van der Waals surface area (Å²) in [4.78, 5) is 12.4. The molecule has 1 aromatic rings. The predicted octanol–water partition coefficient (Wildman–Crippen LogP) is 3.21. The Labute approximate surface area is 121 Å². The van der Waals surface area contributed by atoms with Crippen LogP contribution >= 0.6 is 0 Å². The summed E-state index contributed by atoms with van der Waals surface area (Å²) in [5.41, 5.74) is 0.415. The number of amides is 1. The summed E-state index contributed by atoms with van der Waals surface area (Å²) in [6.45, 7) is 2.00. The van der Waals surface area contributed by atoms with E-state index < -0.39 is 5.41 Å².